The smallest absolute Gasteiger partial charge is 0.289 e. The quantitative estimate of drug-likeness (QED) is 0.705. The lowest BCUT2D eigenvalue weighted by Gasteiger charge is -2.30. The molecular formula is C23H26N4O3. The van der Waals surface area contributed by atoms with Crippen molar-refractivity contribution >= 4 is 11.8 Å². The summed E-state index contributed by atoms with van der Waals surface area (Å²) in [5.41, 5.74) is 3.98. The van der Waals surface area contributed by atoms with Crippen LogP contribution in [0.4, 0.5) is 0 Å². The summed E-state index contributed by atoms with van der Waals surface area (Å²) < 4.78 is 7.10. The second-order valence-corrected chi connectivity index (χ2v) is 7.66. The van der Waals surface area contributed by atoms with Crippen LogP contribution >= 0.6 is 0 Å². The maximum absolute atomic E-state index is 12.7. The van der Waals surface area contributed by atoms with Crippen LogP contribution in [-0.4, -0.2) is 39.6 Å². The molecule has 1 aliphatic heterocycles. The number of furan rings is 1. The van der Waals surface area contributed by atoms with E-state index < -0.39 is 0 Å². The molecular weight excluding hydrogens is 380 g/mol. The van der Waals surface area contributed by atoms with E-state index in [0.29, 0.717) is 38.2 Å². The van der Waals surface area contributed by atoms with E-state index in [0.717, 1.165) is 22.6 Å². The van der Waals surface area contributed by atoms with Gasteiger partial charge in [0.15, 0.2) is 5.76 Å². The molecule has 1 aromatic carbocycles. The summed E-state index contributed by atoms with van der Waals surface area (Å²) in [7, 11) is 0. The number of para-hydroxylation sites is 1. The molecule has 1 N–H and O–H groups in total. The van der Waals surface area contributed by atoms with Crippen LogP contribution in [0, 0.1) is 19.8 Å². The van der Waals surface area contributed by atoms with Gasteiger partial charge < -0.3 is 14.6 Å². The normalized spacial score (nSPS) is 14.7. The van der Waals surface area contributed by atoms with Crippen molar-refractivity contribution in [3.05, 3.63) is 71.4 Å². The fourth-order valence-electron chi connectivity index (χ4n) is 3.97. The Morgan fingerprint density at radius 1 is 1.10 bits per heavy atom. The molecule has 0 aliphatic carbocycles. The Morgan fingerprint density at radius 2 is 1.83 bits per heavy atom. The zero-order valence-corrected chi connectivity index (χ0v) is 17.3. The minimum absolute atomic E-state index is 0.0337. The molecule has 0 atom stereocenters. The molecule has 0 spiro atoms. The fraction of sp³-hybridized carbons (Fsp3) is 0.348. The van der Waals surface area contributed by atoms with Crippen LogP contribution in [-0.2, 0) is 11.3 Å². The van der Waals surface area contributed by atoms with Gasteiger partial charge in [0, 0.05) is 36.8 Å². The van der Waals surface area contributed by atoms with Crippen LogP contribution in [0.1, 0.15) is 40.3 Å². The first-order valence-corrected chi connectivity index (χ1v) is 10.3. The summed E-state index contributed by atoms with van der Waals surface area (Å²) in [6.45, 7) is 5.55. The van der Waals surface area contributed by atoms with Crippen LogP contribution in [0.5, 0.6) is 0 Å². The van der Waals surface area contributed by atoms with Gasteiger partial charge in [-0.2, -0.15) is 5.10 Å². The van der Waals surface area contributed by atoms with Crippen LogP contribution in [0.2, 0.25) is 0 Å². The third kappa shape index (κ3) is 4.01. The van der Waals surface area contributed by atoms with Gasteiger partial charge in [-0.3, -0.25) is 9.59 Å². The minimum Gasteiger partial charge on any atom is -0.459 e. The maximum Gasteiger partial charge on any atom is 0.289 e. The Bertz CT molecular complexity index is 1020. The van der Waals surface area contributed by atoms with Crippen LogP contribution in [0.25, 0.3) is 5.69 Å². The van der Waals surface area contributed by atoms with Crippen LogP contribution < -0.4 is 5.32 Å². The summed E-state index contributed by atoms with van der Waals surface area (Å²) in [5.74, 6) is 0.180. The number of benzene rings is 1. The molecule has 0 saturated carbocycles. The second kappa shape index (κ2) is 8.57. The maximum atomic E-state index is 12.7. The number of carbonyl (C=O) groups is 2. The van der Waals surface area contributed by atoms with Crippen molar-refractivity contribution < 1.29 is 14.0 Å². The largest absolute Gasteiger partial charge is 0.459 e. The lowest BCUT2D eigenvalue weighted by Crippen LogP contribution is -2.42. The highest BCUT2D eigenvalue weighted by Crippen LogP contribution is 2.21. The van der Waals surface area contributed by atoms with Crippen molar-refractivity contribution in [3.8, 4) is 5.69 Å². The third-order valence-corrected chi connectivity index (χ3v) is 5.77. The number of nitrogens with one attached hydrogen (secondary N) is 1. The average molecular weight is 406 g/mol. The molecule has 7 heteroatoms. The highest BCUT2D eigenvalue weighted by molar-refractivity contribution is 5.91. The van der Waals surface area contributed by atoms with E-state index in [-0.39, 0.29) is 17.7 Å². The number of hydrogen-bond donors (Lipinski definition) is 1. The summed E-state index contributed by atoms with van der Waals surface area (Å²) in [4.78, 5) is 26.8. The molecule has 3 aromatic rings. The van der Waals surface area contributed by atoms with Gasteiger partial charge in [0.1, 0.15) is 0 Å². The first-order valence-electron chi connectivity index (χ1n) is 10.3. The SMILES string of the molecule is Cc1nn(-c2ccccc2)c(C)c1CNC(=O)C1CCN(C(=O)c2ccco2)CC1. The Labute approximate surface area is 175 Å². The lowest BCUT2D eigenvalue weighted by atomic mass is 9.95. The first kappa shape index (κ1) is 19.9. The topological polar surface area (TPSA) is 80.4 Å². The molecule has 7 nitrogen and oxygen atoms in total. The molecule has 3 heterocycles. The predicted molar refractivity (Wildman–Crippen MR) is 112 cm³/mol. The molecule has 0 radical (unpaired) electrons. The molecule has 0 unspecified atom stereocenters. The van der Waals surface area contributed by atoms with E-state index in [4.69, 9.17) is 4.42 Å². The van der Waals surface area contributed by atoms with Gasteiger partial charge in [0.05, 0.1) is 17.6 Å². The Hall–Kier alpha value is -3.35. The lowest BCUT2D eigenvalue weighted by molar-refractivity contribution is -0.126. The van der Waals surface area contributed by atoms with Crippen molar-refractivity contribution in [3.63, 3.8) is 0 Å². The van der Waals surface area contributed by atoms with Gasteiger partial charge in [0.25, 0.3) is 5.91 Å². The molecule has 4 rings (SSSR count). The van der Waals surface area contributed by atoms with E-state index in [2.05, 4.69) is 10.4 Å². The van der Waals surface area contributed by atoms with Crippen molar-refractivity contribution in [2.45, 2.75) is 33.2 Å². The number of rotatable bonds is 5. The Morgan fingerprint density at radius 3 is 2.50 bits per heavy atom. The van der Waals surface area contributed by atoms with Crippen LogP contribution in [0.3, 0.4) is 0 Å². The fourth-order valence-corrected chi connectivity index (χ4v) is 3.97. The molecule has 2 amide bonds. The number of carbonyl (C=O) groups excluding carboxylic acids is 2. The molecule has 156 valence electrons. The second-order valence-electron chi connectivity index (χ2n) is 7.66. The van der Waals surface area contributed by atoms with E-state index in [1.165, 1.54) is 6.26 Å². The zero-order chi connectivity index (χ0) is 21.1. The van der Waals surface area contributed by atoms with Gasteiger partial charge in [-0.15, -0.1) is 0 Å². The molecule has 30 heavy (non-hydrogen) atoms. The van der Waals surface area contributed by atoms with Gasteiger partial charge in [0.2, 0.25) is 5.91 Å². The van der Waals surface area contributed by atoms with Crippen molar-refractivity contribution in [1.29, 1.82) is 0 Å². The predicted octanol–water partition coefficient (Wildman–Crippen LogP) is 3.25. The number of hydrogen-bond acceptors (Lipinski definition) is 4. The molecule has 1 saturated heterocycles. The number of nitrogens with zero attached hydrogens (tertiary/aromatic N) is 3. The average Bonchev–Trinajstić information content (AvgIpc) is 3.41. The first-order chi connectivity index (χ1) is 14.5. The molecule has 1 aliphatic rings. The Balaban J connectivity index is 1.34. The summed E-state index contributed by atoms with van der Waals surface area (Å²) in [5, 5.41) is 7.71. The van der Waals surface area contributed by atoms with E-state index >= 15 is 0 Å². The summed E-state index contributed by atoms with van der Waals surface area (Å²) in [6, 6.07) is 13.3. The standard InChI is InChI=1S/C23H26N4O3/c1-16-20(17(2)27(25-16)19-7-4-3-5-8-19)15-24-22(28)18-10-12-26(13-11-18)23(29)21-9-6-14-30-21/h3-9,14,18H,10-13,15H2,1-2H3,(H,24,28). The molecule has 1 fully saturated rings. The van der Waals surface area contributed by atoms with E-state index in [9.17, 15) is 9.59 Å². The Kier molecular flexibility index (Phi) is 5.70. The van der Waals surface area contributed by atoms with Gasteiger partial charge in [-0.25, -0.2) is 4.68 Å². The number of amides is 2. The number of likely N-dealkylation sites (tertiary alicyclic amines) is 1. The van der Waals surface area contributed by atoms with Crippen LogP contribution in [0.15, 0.2) is 53.1 Å². The highest BCUT2D eigenvalue weighted by atomic mass is 16.3. The summed E-state index contributed by atoms with van der Waals surface area (Å²) in [6.07, 6.45) is 2.80. The minimum atomic E-state index is -0.113. The van der Waals surface area contributed by atoms with Crippen molar-refractivity contribution in [2.24, 2.45) is 5.92 Å². The highest BCUT2D eigenvalue weighted by Gasteiger charge is 2.29. The number of aromatic nitrogens is 2. The number of piperidine rings is 1. The van der Waals surface area contributed by atoms with Gasteiger partial charge in [-0.1, -0.05) is 18.2 Å². The van der Waals surface area contributed by atoms with E-state index in [1.807, 2.05) is 48.9 Å². The number of aryl methyl sites for hydroxylation is 1. The van der Waals surface area contributed by atoms with Crippen molar-refractivity contribution in [2.75, 3.05) is 13.1 Å². The third-order valence-electron chi connectivity index (χ3n) is 5.77. The monoisotopic (exact) mass is 406 g/mol. The van der Waals surface area contributed by atoms with Crippen molar-refractivity contribution in [1.82, 2.24) is 20.0 Å². The van der Waals surface area contributed by atoms with E-state index in [1.54, 1.807) is 17.0 Å². The van der Waals surface area contributed by atoms with Gasteiger partial charge in [-0.05, 0) is 51.0 Å². The molecule has 0 bridgehead atoms. The zero-order valence-electron chi connectivity index (χ0n) is 17.3. The molecule has 2 aromatic heterocycles. The summed E-state index contributed by atoms with van der Waals surface area (Å²) >= 11 is 0. The van der Waals surface area contributed by atoms with Gasteiger partial charge >= 0.3 is 0 Å².